The second-order valence-corrected chi connectivity index (χ2v) is 6.23. The van der Waals surface area contributed by atoms with Crippen molar-refractivity contribution in [1.82, 2.24) is 9.97 Å². The molecule has 2 heterocycles. The molecule has 0 aliphatic heterocycles. The number of benzene rings is 2. The van der Waals surface area contributed by atoms with E-state index in [9.17, 15) is 9.18 Å². The fourth-order valence-electron chi connectivity index (χ4n) is 2.56. The number of oxazole rings is 1. The molecule has 0 saturated heterocycles. The number of aromatic nitrogens is 2. The summed E-state index contributed by atoms with van der Waals surface area (Å²) in [5.41, 5.74) is 2.27. The zero-order valence-corrected chi connectivity index (χ0v) is 15.1. The Hall–Kier alpha value is -3.45. The number of halogens is 2. The van der Waals surface area contributed by atoms with Crippen LogP contribution < -0.4 is 10.1 Å². The van der Waals surface area contributed by atoms with Gasteiger partial charge in [-0.25, -0.2) is 9.37 Å². The summed E-state index contributed by atoms with van der Waals surface area (Å²) in [6, 6.07) is 12.5. The normalized spacial score (nSPS) is 10.8. The highest BCUT2D eigenvalue weighted by Gasteiger charge is 2.13. The molecule has 0 bridgehead atoms. The lowest BCUT2D eigenvalue weighted by molar-refractivity contribution is -0.118. The third-order valence-corrected chi connectivity index (χ3v) is 4.18. The van der Waals surface area contributed by atoms with Gasteiger partial charge in [-0.1, -0.05) is 23.7 Å². The van der Waals surface area contributed by atoms with Crippen LogP contribution in [0.3, 0.4) is 0 Å². The molecule has 2 aromatic carbocycles. The first kappa shape index (κ1) is 17.9. The summed E-state index contributed by atoms with van der Waals surface area (Å²) < 4.78 is 24.4. The van der Waals surface area contributed by atoms with E-state index in [1.807, 2.05) is 0 Å². The summed E-state index contributed by atoms with van der Waals surface area (Å²) in [4.78, 5) is 20.4. The van der Waals surface area contributed by atoms with Gasteiger partial charge in [0, 0.05) is 18.0 Å². The number of anilines is 1. The van der Waals surface area contributed by atoms with Gasteiger partial charge in [-0.3, -0.25) is 9.78 Å². The van der Waals surface area contributed by atoms with Gasteiger partial charge in [0.05, 0.1) is 16.8 Å². The average molecular weight is 398 g/mol. The Morgan fingerprint density at radius 1 is 1.21 bits per heavy atom. The van der Waals surface area contributed by atoms with E-state index < -0.39 is 11.7 Å². The molecule has 0 saturated carbocycles. The topological polar surface area (TPSA) is 77.2 Å². The molecule has 1 amide bonds. The van der Waals surface area contributed by atoms with E-state index in [4.69, 9.17) is 20.8 Å². The molecule has 1 N–H and O–H groups in total. The van der Waals surface area contributed by atoms with Crippen LogP contribution >= 0.6 is 11.6 Å². The zero-order valence-electron chi connectivity index (χ0n) is 14.4. The highest BCUT2D eigenvalue weighted by molar-refractivity contribution is 6.33. The summed E-state index contributed by atoms with van der Waals surface area (Å²) in [6.45, 7) is -0.335. The predicted molar refractivity (Wildman–Crippen MR) is 103 cm³/mol. The molecule has 4 aromatic rings. The minimum Gasteiger partial charge on any atom is -0.481 e. The molecule has 0 fully saturated rings. The van der Waals surface area contributed by atoms with E-state index >= 15 is 0 Å². The predicted octanol–water partition coefficient (Wildman–Crippen LogP) is 4.70. The number of carbonyl (C=O) groups is 1. The van der Waals surface area contributed by atoms with Crippen molar-refractivity contribution in [3.8, 4) is 17.2 Å². The fourth-order valence-corrected chi connectivity index (χ4v) is 2.83. The van der Waals surface area contributed by atoms with Crippen molar-refractivity contribution in [2.75, 3.05) is 11.9 Å². The van der Waals surface area contributed by atoms with Crippen LogP contribution in [0.15, 0.2) is 65.3 Å². The monoisotopic (exact) mass is 397 g/mol. The molecule has 0 atom stereocenters. The standard InChI is InChI=1S/C20H13ClFN3O3/c21-14-9-12(24-19(26)11-27-17-4-2-1-3-15(17)22)5-6-13(14)20-25-16-10-23-8-7-18(16)28-20/h1-10H,11H2,(H,24,26). The van der Waals surface area contributed by atoms with Gasteiger partial charge in [0.15, 0.2) is 23.8 Å². The number of fused-ring (bicyclic) bond motifs is 1. The molecule has 0 aliphatic rings. The van der Waals surface area contributed by atoms with E-state index in [-0.39, 0.29) is 12.4 Å². The largest absolute Gasteiger partial charge is 0.481 e. The maximum Gasteiger partial charge on any atom is 0.262 e. The van der Waals surface area contributed by atoms with Gasteiger partial charge in [-0.15, -0.1) is 0 Å². The number of carbonyl (C=O) groups excluding carboxylic acids is 1. The van der Waals surface area contributed by atoms with Gasteiger partial charge >= 0.3 is 0 Å². The van der Waals surface area contributed by atoms with Crippen molar-refractivity contribution >= 4 is 34.3 Å². The second-order valence-electron chi connectivity index (χ2n) is 5.82. The van der Waals surface area contributed by atoms with E-state index in [0.29, 0.717) is 33.3 Å². The second kappa shape index (κ2) is 7.66. The fraction of sp³-hybridized carbons (Fsp3) is 0.0500. The van der Waals surface area contributed by atoms with Gasteiger partial charge in [-0.2, -0.15) is 0 Å². The Morgan fingerprint density at radius 3 is 2.86 bits per heavy atom. The van der Waals surface area contributed by atoms with Crippen LogP contribution in [0.4, 0.5) is 10.1 Å². The molecule has 4 rings (SSSR count). The van der Waals surface area contributed by atoms with Crippen LogP contribution in [0.5, 0.6) is 5.75 Å². The highest BCUT2D eigenvalue weighted by atomic mass is 35.5. The smallest absolute Gasteiger partial charge is 0.262 e. The first-order valence-corrected chi connectivity index (χ1v) is 8.65. The first-order chi connectivity index (χ1) is 13.6. The van der Waals surface area contributed by atoms with Gasteiger partial charge in [-0.05, 0) is 30.3 Å². The third kappa shape index (κ3) is 3.79. The number of ether oxygens (including phenoxy) is 1. The Bertz CT molecular complexity index is 1130. The molecule has 140 valence electrons. The maximum atomic E-state index is 13.5. The molecule has 6 nitrogen and oxygen atoms in total. The van der Waals surface area contributed by atoms with Gasteiger partial charge in [0.2, 0.25) is 5.89 Å². The highest BCUT2D eigenvalue weighted by Crippen LogP contribution is 2.31. The zero-order chi connectivity index (χ0) is 19.5. The summed E-state index contributed by atoms with van der Waals surface area (Å²) >= 11 is 6.32. The van der Waals surface area contributed by atoms with Gasteiger partial charge < -0.3 is 14.5 Å². The number of nitrogens with one attached hydrogen (secondary N) is 1. The number of para-hydroxylation sites is 1. The Labute approximate surface area is 163 Å². The minimum atomic E-state index is -0.531. The molecule has 28 heavy (non-hydrogen) atoms. The lowest BCUT2D eigenvalue weighted by atomic mass is 10.2. The summed E-state index contributed by atoms with van der Waals surface area (Å²) in [7, 11) is 0. The van der Waals surface area contributed by atoms with Gasteiger partial charge in [0.25, 0.3) is 5.91 Å². The molecular weight excluding hydrogens is 385 g/mol. The molecule has 0 radical (unpaired) electrons. The van der Waals surface area contributed by atoms with Crippen LogP contribution in [-0.4, -0.2) is 22.5 Å². The molecular formula is C20H13ClFN3O3. The van der Waals surface area contributed by atoms with E-state index in [0.717, 1.165) is 0 Å². The average Bonchev–Trinajstić information content (AvgIpc) is 3.11. The van der Waals surface area contributed by atoms with Crippen LogP contribution in [0, 0.1) is 5.82 Å². The Balaban J connectivity index is 1.45. The van der Waals surface area contributed by atoms with Crippen LogP contribution in [0.25, 0.3) is 22.6 Å². The first-order valence-electron chi connectivity index (χ1n) is 8.28. The SMILES string of the molecule is O=C(COc1ccccc1F)Nc1ccc(-c2nc3cnccc3o2)c(Cl)c1. The van der Waals surface area contributed by atoms with Crippen molar-refractivity contribution in [3.63, 3.8) is 0 Å². The number of rotatable bonds is 5. The van der Waals surface area contributed by atoms with Crippen LogP contribution in [0.1, 0.15) is 0 Å². The lowest BCUT2D eigenvalue weighted by Gasteiger charge is -2.09. The molecule has 8 heteroatoms. The van der Waals surface area contributed by atoms with E-state index in [2.05, 4.69) is 15.3 Å². The number of pyridine rings is 1. The van der Waals surface area contributed by atoms with Crippen molar-refractivity contribution in [3.05, 3.63) is 71.8 Å². The van der Waals surface area contributed by atoms with Crippen LogP contribution in [-0.2, 0) is 4.79 Å². The van der Waals surface area contributed by atoms with Crippen molar-refractivity contribution in [1.29, 1.82) is 0 Å². The summed E-state index contributed by atoms with van der Waals surface area (Å²) in [6.07, 6.45) is 3.21. The van der Waals surface area contributed by atoms with Crippen molar-refractivity contribution < 1.29 is 18.3 Å². The van der Waals surface area contributed by atoms with Crippen molar-refractivity contribution in [2.24, 2.45) is 0 Å². The number of hydrogen-bond donors (Lipinski definition) is 1. The van der Waals surface area contributed by atoms with Gasteiger partial charge in [0.1, 0.15) is 5.52 Å². The maximum absolute atomic E-state index is 13.5. The quantitative estimate of drug-likeness (QED) is 0.528. The number of nitrogens with zero attached hydrogens (tertiary/aromatic N) is 2. The lowest BCUT2D eigenvalue weighted by Crippen LogP contribution is -2.20. The van der Waals surface area contributed by atoms with Crippen molar-refractivity contribution in [2.45, 2.75) is 0 Å². The Morgan fingerprint density at radius 2 is 2.07 bits per heavy atom. The third-order valence-electron chi connectivity index (χ3n) is 3.87. The molecule has 2 aromatic heterocycles. The number of amides is 1. The Kier molecular flexibility index (Phi) is 4.90. The van der Waals surface area contributed by atoms with E-state index in [1.54, 1.807) is 48.8 Å². The molecule has 0 unspecified atom stereocenters. The van der Waals surface area contributed by atoms with E-state index in [1.165, 1.54) is 12.1 Å². The number of hydrogen-bond acceptors (Lipinski definition) is 5. The molecule has 0 aliphatic carbocycles. The summed E-state index contributed by atoms with van der Waals surface area (Å²) in [5, 5.41) is 3.00. The summed E-state index contributed by atoms with van der Waals surface area (Å²) in [5.74, 6) is -0.610. The van der Waals surface area contributed by atoms with Crippen LogP contribution in [0.2, 0.25) is 5.02 Å². The molecule has 0 spiro atoms. The minimum absolute atomic E-state index is 0.0106.